The third-order valence-corrected chi connectivity index (χ3v) is 2.10. The van der Waals surface area contributed by atoms with Gasteiger partial charge in [0.25, 0.3) is 5.78 Å². The second-order valence-electron chi connectivity index (χ2n) is 3.00. The summed E-state index contributed by atoms with van der Waals surface area (Å²) in [5.41, 5.74) is -0.292. The van der Waals surface area contributed by atoms with Gasteiger partial charge in [-0.1, -0.05) is 6.07 Å². The van der Waals surface area contributed by atoms with Crippen LogP contribution in [0.4, 0.5) is 4.39 Å². The molecule has 2 rings (SSSR count). The van der Waals surface area contributed by atoms with Gasteiger partial charge in [-0.25, -0.2) is 9.18 Å². The Morgan fingerprint density at radius 1 is 1.27 bits per heavy atom. The fourth-order valence-electron chi connectivity index (χ4n) is 1.38. The van der Waals surface area contributed by atoms with Gasteiger partial charge >= 0.3 is 5.97 Å². The Labute approximate surface area is 83.3 Å². The first kappa shape index (κ1) is 9.39. The van der Waals surface area contributed by atoms with Crippen LogP contribution >= 0.6 is 0 Å². The van der Waals surface area contributed by atoms with Crippen molar-refractivity contribution in [1.29, 1.82) is 0 Å². The number of hydrogen-bond acceptors (Lipinski definition) is 2. The van der Waals surface area contributed by atoms with E-state index in [9.17, 15) is 14.0 Å². The number of aromatic nitrogens is 1. The molecule has 0 unspecified atom stereocenters. The molecule has 0 radical (unpaired) electrons. The van der Waals surface area contributed by atoms with Crippen LogP contribution in [0.1, 0.15) is 10.4 Å². The van der Waals surface area contributed by atoms with E-state index in [4.69, 9.17) is 5.11 Å². The lowest BCUT2D eigenvalue weighted by Gasteiger charge is -1.99. The highest BCUT2D eigenvalue weighted by molar-refractivity contribution is 6.40. The van der Waals surface area contributed by atoms with Gasteiger partial charge in [-0.3, -0.25) is 4.79 Å². The number of Topliss-reactive ketones (excluding diaryl/α,β-unsaturated/α-hetero) is 1. The second kappa shape index (κ2) is 3.20. The minimum atomic E-state index is -1.67. The van der Waals surface area contributed by atoms with Gasteiger partial charge < -0.3 is 10.1 Å². The van der Waals surface area contributed by atoms with Crippen molar-refractivity contribution in [2.45, 2.75) is 0 Å². The number of ketones is 1. The van der Waals surface area contributed by atoms with Crippen molar-refractivity contribution < 1.29 is 19.1 Å². The summed E-state index contributed by atoms with van der Waals surface area (Å²) in [7, 11) is 0. The minimum Gasteiger partial charge on any atom is -0.475 e. The molecule has 2 aromatic rings. The number of benzene rings is 1. The van der Waals surface area contributed by atoms with Crippen molar-refractivity contribution in [2.75, 3.05) is 0 Å². The fourth-order valence-corrected chi connectivity index (χ4v) is 1.38. The highest BCUT2D eigenvalue weighted by Crippen LogP contribution is 2.19. The van der Waals surface area contributed by atoms with Crippen molar-refractivity contribution in [3.63, 3.8) is 0 Å². The van der Waals surface area contributed by atoms with Crippen LogP contribution in [0.15, 0.2) is 24.4 Å². The highest BCUT2D eigenvalue weighted by atomic mass is 19.1. The lowest BCUT2D eigenvalue weighted by molar-refractivity contribution is -0.131. The monoisotopic (exact) mass is 207 g/mol. The summed E-state index contributed by atoms with van der Waals surface area (Å²) in [5, 5.41) is 9.05. The van der Waals surface area contributed by atoms with Crippen LogP contribution in [0.3, 0.4) is 0 Å². The summed E-state index contributed by atoms with van der Waals surface area (Å²) < 4.78 is 13.6. The number of hydrogen-bond donors (Lipinski definition) is 2. The summed E-state index contributed by atoms with van der Waals surface area (Å²) in [6.07, 6.45) is 1.52. The summed E-state index contributed by atoms with van der Waals surface area (Å²) in [5.74, 6) is -3.74. The van der Waals surface area contributed by atoms with Gasteiger partial charge in [0.2, 0.25) is 0 Å². The van der Waals surface area contributed by atoms with E-state index >= 15 is 0 Å². The van der Waals surface area contributed by atoms with Gasteiger partial charge in [-0.2, -0.15) is 0 Å². The Bertz CT molecular complexity index is 559. The summed E-state index contributed by atoms with van der Waals surface area (Å²) in [6.45, 7) is 0. The third kappa shape index (κ3) is 1.38. The Morgan fingerprint density at radius 2 is 2.00 bits per heavy atom. The molecule has 15 heavy (non-hydrogen) atoms. The van der Waals surface area contributed by atoms with Crippen LogP contribution in [0.25, 0.3) is 10.9 Å². The molecular formula is C10H6FNO3. The van der Waals surface area contributed by atoms with Crippen molar-refractivity contribution in [3.05, 3.63) is 35.8 Å². The maximum Gasteiger partial charge on any atom is 0.377 e. The number of fused-ring (bicyclic) bond motifs is 1. The average molecular weight is 207 g/mol. The number of carbonyl (C=O) groups is 2. The zero-order valence-electron chi connectivity index (χ0n) is 7.45. The second-order valence-corrected chi connectivity index (χ2v) is 3.00. The fraction of sp³-hybridized carbons (Fsp3) is 0. The van der Waals surface area contributed by atoms with Crippen LogP contribution in [0.2, 0.25) is 0 Å². The average Bonchev–Trinajstić information content (AvgIpc) is 2.66. The highest BCUT2D eigenvalue weighted by Gasteiger charge is 2.20. The van der Waals surface area contributed by atoms with Gasteiger partial charge in [-0.15, -0.1) is 0 Å². The van der Waals surface area contributed by atoms with Gasteiger partial charge in [0, 0.05) is 11.6 Å². The molecule has 2 N–H and O–H groups in total. The van der Waals surface area contributed by atoms with Crippen LogP contribution in [-0.4, -0.2) is 21.8 Å². The zero-order chi connectivity index (χ0) is 11.0. The molecule has 0 aliphatic rings. The quantitative estimate of drug-likeness (QED) is 0.580. The summed E-state index contributed by atoms with van der Waals surface area (Å²) >= 11 is 0. The van der Waals surface area contributed by atoms with E-state index in [0.29, 0.717) is 5.39 Å². The SMILES string of the molecule is O=C(O)C(=O)c1ccc2cc[nH]c2c1F. The van der Waals surface area contributed by atoms with Crippen LogP contribution < -0.4 is 0 Å². The predicted octanol–water partition coefficient (Wildman–Crippen LogP) is 1.57. The third-order valence-electron chi connectivity index (χ3n) is 2.10. The number of carboxylic acid groups (broad SMARTS) is 1. The van der Waals surface area contributed by atoms with Crippen molar-refractivity contribution in [2.24, 2.45) is 0 Å². The Hall–Kier alpha value is -2.17. The Balaban J connectivity index is 2.67. The van der Waals surface area contributed by atoms with Crippen LogP contribution in [-0.2, 0) is 4.79 Å². The van der Waals surface area contributed by atoms with E-state index < -0.39 is 23.1 Å². The molecule has 0 fully saturated rings. The molecule has 0 spiro atoms. The van der Waals surface area contributed by atoms with Gasteiger partial charge in [0.05, 0.1) is 11.1 Å². The first-order chi connectivity index (χ1) is 7.11. The van der Waals surface area contributed by atoms with E-state index in [0.717, 1.165) is 0 Å². The number of nitrogens with one attached hydrogen (secondary N) is 1. The smallest absolute Gasteiger partial charge is 0.377 e. The summed E-state index contributed by atoms with van der Waals surface area (Å²) in [4.78, 5) is 24.1. The standard InChI is InChI=1S/C10H6FNO3/c11-7-6(9(13)10(14)15)2-1-5-3-4-12-8(5)7/h1-4,12H,(H,14,15). The normalized spacial score (nSPS) is 10.5. The van der Waals surface area contributed by atoms with E-state index in [1.165, 1.54) is 18.3 Å². The summed E-state index contributed by atoms with van der Waals surface area (Å²) in [6, 6.07) is 4.29. The number of carbonyl (C=O) groups excluding carboxylic acids is 1. The molecular weight excluding hydrogens is 201 g/mol. The number of halogens is 1. The number of aromatic amines is 1. The first-order valence-electron chi connectivity index (χ1n) is 4.14. The Morgan fingerprint density at radius 3 is 2.67 bits per heavy atom. The van der Waals surface area contributed by atoms with Gasteiger partial charge in [0.1, 0.15) is 0 Å². The van der Waals surface area contributed by atoms with Crippen molar-refractivity contribution in [1.82, 2.24) is 4.98 Å². The molecule has 76 valence electrons. The molecule has 0 amide bonds. The van der Waals surface area contributed by atoms with E-state index in [1.807, 2.05) is 0 Å². The molecule has 1 aromatic heterocycles. The lowest BCUT2D eigenvalue weighted by atomic mass is 10.1. The van der Waals surface area contributed by atoms with Crippen molar-refractivity contribution >= 4 is 22.7 Å². The number of rotatable bonds is 2. The largest absolute Gasteiger partial charge is 0.475 e. The number of aliphatic carboxylic acids is 1. The molecule has 0 aliphatic heterocycles. The molecule has 5 heteroatoms. The van der Waals surface area contributed by atoms with Crippen LogP contribution in [0.5, 0.6) is 0 Å². The van der Waals surface area contributed by atoms with Gasteiger partial charge in [0.15, 0.2) is 5.82 Å². The predicted molar refractivity (Wildman–Crippen MR) is 50.2 cm³/mol. The molecule has 0 bridgehead atoms. The van der Waals surface area contributed by atoms with Crippen molar-refractivity contribution in [3.8, 4) is 0 Å². The molecule has 0 saturated heterocycles. The molecule has 1 heterocycles. The Kier molecular flexibility index (Phi) is 2.00. The molecule has 0 aliphatic carbocycles. The maximum atomic E-state index is 13.6. The minimum absolute atomic E-state index is 0.141. The van der Waals surface area contributed by atoms with E-state index in [1.54, 1.807) is 6.07 Å². The number of H-pyrrole nitrogens is 1. The van der Waals surface area contributed by atoms with Crippen LogP contribution in [0, 0.1) is 5.82 Å². The van der Waals surface area contributed by atoms with E-state index in [2.05, 4.69) is 4.98 Å². The molecule has 0 saturated carbocycles. The van der Waals surface area contributed by atoms with E-state index in [-0.39, 0.29) is 5.52 Å². The zero-order valence-corrected chi connectivity index (χ0v) is 7.45. The molecule has 1 aromatic carbocycles. The first-order valence-corrected chi connectivity index (χ1v) is 4.14. The maximum absolute atomic E-state index is 13.6. The molecule has 0 atom stereocenters. The molecule has 4 nitrogen and oxygen atoms in total. The topological polar surface area (TPSA) is 70.2 Å². The lowest BCUT2D eigenvalue weighted by Crippen LogP contribution is -2.14. The number of carboxylic acids is 1. The van der Waals surface area contributed by atoms with Gasteiger partial charge in [-0.05, 0) is 12.1 Å².